The Hall–Kier alpha value is -0.740. The minimum Gasteiger partial charge on any atom is -0.437 e. The van der Waals surface area contributed by atoms with Gasteiger partial charge in [0, 0.05) is 18.1 Å². The van der Waals surface area contributed by atoms with E-state index in [2.05, 4.69) is 9.97 Å². The van der Waals surface area contributed by atoms with Gasteiger partial charge >= 0.3 is 0 Å². The highest BCUT2D eigenvalue weighted by Crippen LogP contribution is 2.40. The fourth-order valence-corrected chi connectivity index (χ4v) is 2.44. The number of aromatic nitrogens is 2. The normalized spacial score (nSPS) is 14.4. The molecule has 1 heterocycles. The maximum absolute atomic E-state index is 6.06. The van der Waals surface area contributed by atoms with Crippen molar-refractivity contribution in [1.29, 1.82) is 0 Å². The summed E-state index contributed by atoms with van der Waals surface area (Å²) >= 11 is 23.9. The fourth-order valence-electron chi connectivity index (χ4n) is 1.69. The van der Waals surface area contributed by atoms with Crippen LogP contribution in [-0.2, 0) is 0 Å². The molecule has 0 bridgehead atoms. The van der Waals surface area contributed by atoms with Crippen molar-refractivity contribution in [3.8, 4) is 11.6 Å². The molecule has 1 aromatic carbocycles. The summed E-state index contributed by atoms with van der Waals surface area (Å²) in [6, 6.07) is 4.59. The lowest BCUT2D eigenvalue weighted by Gasteiger charge is -2.09. The first-order chi connectivity index (χ1) is 9.52. The average molecular weight is 350 g/mol. The second-order valence-corrected chi connectivity index (χ2v) is 6.07. The lowest BCUT2D eigenvalue weighted by atomic mass is 10.3. The first kappa shape index (κ1) is 14.2. The molecule has 20 heavy (non-hydrogen) atoms. The third-order valence-corrected chi connectivity index (χ3v) is 4.03. The molecule has 0 radical (unpaired) electrons. The van der Waals surface area contributed by atoms with E-state index in [0.29, 0.717) is 43.6 Å². The van der Waals surface area contributed by atoms with Crippen LogP contribution < -0.4 is 4.74 Å². The van der Waals surface area contributed by atoms with Gasteiger partial charge in [0.1, 0.15) is 16.7 Å². The van der Waals surface area contributed by atoms with Gasteiger partial charge in [-0.25, -0.2) is 4.98 Å². The first-order valence-corrected chi connectivity index (χ1v) is 7.41. The predicted molar refractivity (Wildman–Crippen MR) is 80.6 cm³/mol. The lowest BCUT2D eigenvalue weighted by molar-refractivity contribution is 0.459. The highest BCUT2D eigenvalue weighted by atomic mass is 35.5. The summed E-state index contributed by atoms with van der Waals surface area (Å²) in [4.78, 5) is 8.52. The molecule has 3 nitrogen and oxygen atoms in total. The lowest BCUT2D eigenvalue weighted by Crippen LogP contribution is -1.96. The third-order valence-electron chi connectivity index (χ3n) is 2.82. The van der Waals surface area contributed by atoms with E-state index in [-0.39, 0.29) is 0 Å². The van der Waals surface area contributed by atoms with E-state index >= 15 is 0 Å². The summed E-state index contributed by atoms with van der Waals surface area (Å²) in [5, 5.41) is 1.41. The molecule has 1 aliphatic carbocycles. The molecule has 0 atom stereocenters. The Morgan fingerprint density at radius 2 is 1.60 bits per heavy atom. The molecule has 1 aliphatic rings. The zero-order valence-corrected chi connectivity index (χ0v) is 13.1. The summed E-state index contributed by atoms with van der Waals surface area (Å²) in [6.45, 7) is 0. The van der Waals surface area contributed by atoms with E-state index < -0.39 is 0 Å². The summed E-state index contributed by atoms with van der Waals surface area (Å²) in [6.07, 6.45) is 2.15. The van der Waals surface area contributed by atoms with Gasteiger partial charge in [0.2, 0.25) is 5.88 Å². The second-order valence-electron chi connectivity index (χ2n) is 4.46. The van der Waals surface area contributed by atoms with Crippen LogP contribution >= 0.6 is 46.4 Å². The Balaban J connectivity index is 1.92. The number of halogens is 4. The first-order valence-electron chi connectivity index (χ1n) is 5.90. The van der Waals surface area contributed by atoms with E-state index in [9.17, 15) is 0 Å². The number of hydrogen-bond donors (Lipinski definition) is 0. The van der Waals surface area contributed by atoms with Crippen molar-refractivity contribution < 1.29 is 4.74 Å². The molecule has 0 spiro atoms. The largest absolute Gasteiger partial charge is 0.437 e. The van der Waals surface area contributed by atoms with Crippen molar-refractivity contribution in [2.75, 3.05) is 0 Å². The molecule has 0 unspecified atom stereocenters. The van der Waals surface area contributed by atoms with Crippen molar-refractivity contribution in [3.63, 3.8) is 0 Å². The molecule has 104 valence electrons. The SMILES string of the molecule is Clc1cc(Oc2cc(Cl)c(Cl)cc2Cl)nc(C2CC2)n1. The zero-order chi connectivity index (χ0) is 14.3. The molecule has 1 saturated carbocycles. The Labute approximate surface area is 135 Å². The molecule has 1 fully saturated rings. The number of benzene rings is 1. The average Bonchev–Trinajstić information content (AvgIpc) is 3.19. The van der Waals surface area contributed by atoms with Crippen LogP contribution in [0.3, 0.4) is 0 Å². The Morgan fingerprint density at radius 3 is 2.30 bits per heavy atom. The van der Waals surface area contributed by atoms with Gasteiger partial charge in [-0.15, -0.1) is 0 Å². The van der Waals surface area contributed by atoms with E-state index in [1.807, 2.05) is 0 Å². The highest BCUT2D eigenvalue weighted by Gasteiger charge is 2.27. The van der Waals surface area contributed by atoms with E-state index in [1.54, 1.807) is 6.07 Å². The van der Waals surface area contributed by atoms with Gasteiger partial charge < -0.3 is 4.74 Å². The standard InChI is InChI=1S/C13H8Cl4N2O/c14-7-3-9(16)10(4-8(7)15)20-12-5-11(17)18-13(19-12)6-1-2-6/h3-6H,1-2H2. The van der Waals surface area contributed by atoms with Gasteiger partial charge in [0.05, 0.1) is 15.1 Å². The molecule has 0 N–H and O–H groups in total. The van der Waals surface area contributed by atoms with Gasteiger partial charge in [-0.05, 0) is 18.9 Å². The van der Waals surface area contributed by atoms with Gasteiger partial charge in [0.25, 0.3) is 0 Å². The van der Waals surface area contributed by atoms with Crippen LogP contribution in [0.25, 0.3) is 0 Å². The topological polar surface area (TPSA) is 35.0 Å². The minimum atomic E-state index is 0.340. The maximum Gasteiger partial charge on any atom is 0.224 e. The Kier molecular flexibility index (Phi) is 3.95. The molecule has 0 aliphatic heterocycles. The summed E-state index contributed by atoms with van der Waals surface area (Å²) in [5.74, 6) is 1.79. The molecule has 0 amide bonds. The molecule has 3 rings (SSSR count). The number of rotatable bonds is 3. The van der Waals surface area contributed by atoms with Crippen molar-refractivity contribution in [3.05, 3.63) is 44.2 Å². The summed E-state index contributed by atoms with van der Waals surface area (Å²) in [7, 11) is 0. The van der Waals surface area contributed by atoms with Crippen molar-refractivity contribution in [2.45, 2.75) is 18.8 Å². The van der Waals surface area contributed by atoms with E-state index in [1.165, 1.54) is 12.1 Å². The van der Waals surface area contributed by atoms with Crippen molar-refractivity contribution in [1.82, 2.24) is 9.97 Å². The number of ether oxygens (including phenoxy) is 1. The van der Waals surface area contributed by atoms with Gasteiger partial charge in [-0.3, -0.25) is 0 Å². The van der Waals surface area contributed by atoms with Crippen LogP contribution in [0, 0.1) is 0 Å². The number of hydrogen-bond acceptors (Lipinski definition) is 3. The molecule has 2 aromatic rings. The van der Waals surface area contributed by atoms with Crippen LogP contribution in [0.2, 0.25) is 20.2 Å². The molecule has 7 heteroatoms. The second kappa shape index (κ2) is 5.57. The van der Waals surface area contributed by atoms with Crippen molar-refractivity contribution >= 4 is 46.4 Å². The van der Waals surface area contributed by atoms with Crippen LogP contribution in [0.1, 0.15) is 24.6 Å². The fraction of sp³-hybridized carbons (Fsp3) is 0.231. The van der Waals surface area contributed by atoms with Crippen LogP contribution in [0.5, 0.6) is 11.6 Å². The minimum absolute atomic E-state index is 0.340. The summed E-state index contributed by atoms with van der Waals surface area (Å²) < 4.78 is 5.63. The van der Waals surface area contributed by atoms with Crippen molar-refractivity contribution in [2.24, 2.45) is 0 Å². The quantitative estimate of drug-likeness (QED) is 0.522. The number of nitrogens with zero attached hydrogens (tertiary/aromatic N) is 2. The highest BCUT2D eigenvalue weighted by molar-refractivity contribution is 6.43. The Bertz CT molecular complexity index is 674. The molecular weight excluding hydrogens is 342 g/mol. The summed E-state index contributed by atoms with van der Waals surface area (Å²) in [5.41, 5.74) is 0. The predicted octanol–water partition coefficient (Wildman–Crippen LogP) is 5.76. The van der Waals surface area contributed by atoms with E-state index in [0.717, 1.165) is 12.8 Å². The molecule has 1 aromatic heterocycles. The molecular formula is C13H8Cl4N2O. The van der Waals surface area contributed by atoms with Crippen LogP contribution in [0.4, 0.5) is 0 Å². The van der Waals surface area contributed by atoms with Crippen LogP contribution in [0.15, 0.2) is 18.2 Å². The molecule has 0 saturated heterocycles. The third kappa shape index (κ3) is 3.12. The Morgan fingerprint density at radius 1 is 0.900 bits per heavy atom. The zero-order valence-electron chi connectivity index (χ0n) is 10.0. The van der Waals surface area contributed by atoms with E-state index in [4.69, 9.17) is 51.1 Å². The smallest absolute Gasteiger partial charge is 0.224 e. The maximum atomic E-state index is 6.06. The monoisotopic (exact) mass is 348 g/mol. The van der Waals surface area contributed by atoms with Gasteiger partial charge in [-0.1, -0.05) is 46.4 Å². The van der Waals surface area contributed by atoms with Gasteiger partial charge in [0.15, 0.2) is 0 Å². The van der Waals surface area contributed by atoms with Gasteiger partial charge in [-0.2, -0.15) is 4.98 Å². The van der Waals surface area contributed by atoms with Crippen LogP contribution in [-0.4, -0.2) is 9.97 Å².